The molecule has 12 heavy (non-hydrogen) atoms. The van der Waals surface area contributed by atoms with Crippen molar-refractivity contribution in [3.8, 4) is 0 Å². The van der Waals surface area contributed by atoms with Gasteiger partial charge in [0.05, 0.1) is 5.92 Å². The van der Waals surface area contributed by atoms with Gasteiger partial charge in [0.15, 0.2) is 0 Å². The van der Waals surface area contributed by atoms with Crippen LogP contribution in [0, 0.1) is 5.92 Å². The number of nitrogens with two attached hydrogens (primary N) is 1. The largest absolute Gasteiger partial charge is 0.481 e. The smallest absolute Gasteiger partial charge is 0.320 e. The quantitative estimate of drug-likeness (QED) is 0.541. The van der Waals surface area contributed by atoms with Crippen LogP contribution in [-0.2, 0) is 9.59 Å². The van der Waals surface area contributed by atoms with Crippen molar-refractivity contribution in [2.75, 3.05) is 0 Å². The zero-order chi connectivity index (χ0) is 9.72. The molecule has 0 aromatic carbocycles. The first kappa shape index (κ1) is 10.9. The van der Waals surface area contributed by atoms with E-state index in [1.165, 1.54) is 6.92 Å². The van der Waals surface area contributed by atoms with Crippen molar-refractivity contribution < 1.29 is 19.8 Å². The van der Waals surface area contributed by atoms with Gasteiger partial charge in [-0.25, -0.2) is 0 Å². The summed E-state index contributed by atoms with van der Waals surface area (Å²) in [4.78, 5) is 20.5. The van der Waals surface area contributed by atoms with Gasteiger partial charge in [0.1, 0.15) is 6.04 Å². The van der Waals surface area contributed by atoms with Gasteiger partial charge in [-0.2, -0.15) is 0 Å². The lowest BCUT2D eigenvalue weighted by molar-refractivity contribution is -0.143. The topological polar surface area (TPSA) is 101 Å². The van der Waals surface area contributed by atoms with E-state index in [-0.39, 0.29) is 6.42 Å². The van der Waals surface area contributed by atoms with Crippen LogP contribution < -0.4 is 5.73 Å². The van der Waals surface area contributed by atoms with E-state index in [4.69, 9.17) is 15.9 Å². The maximum atomic E-state index is 10.3. The number of hydrogen-bond donors (Lipinski definition) is 3. The van der Waals surface area contributed by atoms with Gasteiger partial charge < -0.3 is 15.9 Å². The van der Waals surface area contributed by atoms with Crippen LogP contribution in [0.15, 0.2) is 0 Å². The Morgan fingerprint density at radius 1 is 1.25 bits per heavy atom. The predicted octanol–water partition coefficient (Wildman–Crippen LogP) is -0.101. The summed E-state index contributed by atoms with van der Waals surface area (Å²) in [6, 6.07) is -0.952. The molecule has 5 nitrogen and oxygen atoms in total. The minimum absolute atomic E-state index is 0.197. The summed E-state index contributed by atoms with van der Waals surface area (Å²) >= 11 is 0. The van der Waals surface area contributed by atoms with Gasteiger partial charge in [-0.1, -0.05) is 6.92 Å². The molecular weight excluding hydrogens is 162 g/mol. The summed E-state index contributed by atoms with van der Waals surface area (Å²) in [5.74, 6) is -2.55. The predicted molar refractivity (Wildman–Crippen MR) is 41.6 cm³/mol. The Labute approximate surface area is 70.2 Å². The van der Waals surface area contributed by atoms with Gasteiger partial charge in [-0.05, 0) is 12.8 Å². The second-order valence-corrected chi connectivity index (χ2v) is 2.76. The summed E-state index contributed by atoms with van der Waals surface area (Å²) in [5.41, 5.74) is 5.17. The van der Waals surface area contributed by atoms with Crippen LogP contribution in [0.1, 0.15) is 19.8 Å². The zero-order valence-electron chi connectivity index (χ0n) is 6.86. The van der Waals surface area contributed by atoms with Gasteiger partial charge in [0, 0.05) is 0 Å². The molecule has 0 aromatic heterocycles. The molecule has 0 aliphatic rings. The van der Waals surface area contributed by atoms with Crippen molar-refractivity contribution in [1.82, 2.24) is 0 Å². The fourth-order valence-electron chi connectivity index (χ4n) is 0.677. The minimum atomic E-state index is -1.09. The van der Waals surface area contributed by atoms with Gasteiger partial charge in [-0.15, -0.1) is 0 Å². The van der Waals surface area contributed by atoms with E-state index in [1.54, 1.807) is 0 Å². The summed E-state index contributed by atoms with van der Waals surface area (Å²) in [5, 5.41) is 16.8. The third-order valence-electron chi connectivity index (χ3n) is 1.65. The first-order chi connectivity index (χ1) is 5.45. The second kappa shape index (κ2) is 4.71. The van der Waals surface area contributed by atoms with Crippen LogP contribution >= 0.6 is 0 Å². The number of rotatable bonds is 5. The third-order valence-corrected chi connectivity index (χ3v) is 1.65. The Balaban J connectivity index is 3.68. The van der Waals surface area contributed by atoms with Crippen molar-refractivity contribution >= 4 is 11.9 Å². The normalized spacial score (nSPS) is 15.2. The van der Waals surface area contributed by atoms with Crippen molar-refractivity contribution in [1.29, 1.82) is 0 Å². The average Bonchev–Trinajstić information content (AvgIpc) is 1.98. The molecule has 0 saturated heterocycles. The molecule has 4 N–H and O–H groups in total. The van der Waals surface area contributed by atoms with E-state index in [2.05, 4.69) is 0 Å². The van der Waals surface area contributed by atoms with Gasteiger partial charge in [0.2, 0.25) is 0 Å². The number of carboxylic acids is 2. The average molecular weight is 175 g/mol. The highest BCUT2D eigenvalue weighted by Gasteiger charge is 2.16. The lowest BCUT2D eigenvalue weighted by Gasteiger charge is -2.08. The van der Waals surface area contributed by atoms with Gasteiger partial charge in [0.25, 0.3) is 0 Å². The van der Waals surface area contributed by atoms with Crippen LogP contribution in [0.4, 0.5) is 0 Å². The SMILES string of the molecule is C[C@H](CC[C@H](N)C(=O)O)C(=O)O. The van der Waals surface area contributed by atoms with Crippen molar-refractivity contribution in [3.63, 3.8) is 0 Å². The third kappa shape index (κ3) is 3.92. The first-order valence-electron chi connectivity index (χ1n) is 3.66. The van der Waals surface area contributed by atoms with Crippen molar-refractivity contribution in [2.45, 2.75) is 25.8 Å². The standard InChI is InChI=1S/C7H13NO4/c1-4(6(9)10)2-3-5(8)7(11)12/h4-5H,2-3,8H2,1H3,(H,9,10)(H,11,12)/t4-,5+/m1/s1. The van der Waals surface area contributed by atoms with Crippen LogP contribution in [0.5, 0.6) is 0 Å². The molecule has 2 atom stereocenters. The second-order valence-electron chi connectivity index (χ2n) is 2.76. The summed E-state index contributed by atoms with van der Waals surface area (Å²) < 4.78 is 0. The van der Waals surface area contributed by atoms with Crippen LogP contribution in [0.2, 0.25) is 0 Å². The monoisotopic (exact) mass is 175 g/mol. The van der Waals surface area contributed by atoms with E-state index in [0.29, 0.717) is 6.42 Å². The fourth-order valence-corrected chi connectivity index (χ4v) is 0.677. The van der Waals surface area contributed by atoms with Crippen molar-refractivity contribution in [3.05, 3.63) is 0 Å². The molecule has 0 unspecified atom stereocenters. The number of hydrogen-bond acceptors (Lipinski definition) is 3. The summed E-state index contributed by atoms with van der Waals surface area (Å²) in [6.07, 6.45) is 0.492. The summed E-state index contributed by atoms with van der Waals surface area (Å²) in [6.45, 7) is 1.52. The van der Waals surface area contributed by atoms with E-state index in [0.717, 1.165) is 0 Å². The molecule has 5 heteroatoms. The molecule has 0 bridgehead atoms. The molecule has 0 aromatic rings. The Kier molecular flexibility index (Phi) is 4.28. The fraction of sp³-hybridized carbons (Fsp3) is 0.714. The highest BCUT2D eigenvalue weighted by atomic mass is 16.4. The van der Waals surface area contributed by atoms with E-state index >= 15 is 0 Å². The molecule has 0 aliphatic carbocycles. The maximum Gasteiger partial charge on any atom is 0.320 e. The number of carboxylic acid groups (broad SMARTS) is 2. The molecule has 0 heterocycles. The van der Waals surface area contributed by atoms with Gasteiger partial charge in [-0.3, -0.25) is 9.59 Å². The molecule has 0 rings (SSSR count). The molecule has 0 aliphatic heterocycles. The number of carbonyl (C=O) groups is 2. The molecular formula is C7H13NO4. The molecule has 0 saturated carbocycles. The Morgan fingerprint density at radius 3 is 2.08 bits per heavy atom. The maximum absolute atomic E-state index is 10.3. The van der Waals surface area contributed by atoms with E-state index in [1.807, 2.05) is 0 Å². The minimum Gasteiger partial charge on any atom is -0.481 e. The highest BCUT2D eigenvalue weighted by molar-refractivity contribution is 5.73. The Bertz CT molecular complexity index is 160. The highest BCUT2D eigenvalue weighted by Crippen LogP contribution is 2.06. The van der Waals surface area contributed by atoms with Crippen molar-refractivity contribution in [2.24, 2.45) is 11.7 Å². The van der Waals surface area contributed by atoms with Gasteiger partial charge >= 0.3 is 11.9 Å². The van der Waals surface area contributed by atoms with Crippen LogP contribution in [-0.4, -0.2) is 28.2 Å². The first-order valence-corrected chi connectivity index (χ1v) is 3.66. The molecule has 0 spiro atoms. The van der Waals surface area contributed by atoms with Crippen LogP contribution in [0.3, 0.4) is 0 Å². The Hall–Kier alpha value is -1.10. The lowest BCUT2D eigenvalue weighted by atomic mass is 10.0. The lowest BCUT2D eigenvalue weighted by Crippen LogP contribution is -2.30. The summed E-state index contributed by atoms with van der Waals surface area (Å²) in [7, 11) is 0. The number of aliphatic carboxylic acids is 2. The van der Waals surface area contributed by atoms with Crippen LogP contribution in [0.25, 0.3) is 0 Å². The molecule has 0 amide bonds. The molecule has 0 radical (unpaired) electrons. The molecule has 0 fully saturated rings. The Morgan fingerprint density at radius 2 is 1.75 bits per heavy atom. The van der Waals surface area contributed by atoms with E-state index in [9.17, 15) is 9.59 Å². The molecule has 70 valence electrons. The van der Waals surface area contributed by atoms with E-state index < -0.39 is 23.9 Å². The zero-order valence-corrected chi connectivity index (χ0v) is 6.86.